The van der Waals surface area contributed by atoms with Crippen molar-refractivity contribution in [3.63, 3.8) is 0 Å². The molecular formula is C11H11Cl2N3O. The molecule has 1 unspecified atom stereocenters. The van der Waals surface area contributed by atoms with Gasteiger partial charge in [-0.25, -0.2) is 5.43 Å². The monoisotopic (exact) mass is 271 g/mol. The van der Waals surface area contributed by atoms with E-state index < -0.39 is 4.33 Å². The van der Waals surface area contributed by atoms with Gasteiger partial charge in [-0.15, -0.1) is 23.2 Å². The van der Waals surface area contributed by atoms with Gasteiger partial charge in [0.2, 0.25) is 0 Å². The molecular weight excluding hydrogens is 261 g/mol. The zero-order chi connectivity index (χ0) is 12.5. The van der Waals surface area contributed by atoms with Crippen molar-refractivity contribution >= 4 is 35.3 Å². The van der Waals surface area contributed by atoms with Gasteiger partial charge in [0, 0.05) is 29.6 Å². The van der Waals surface area contributed by atoms with Gasteiger partial charge in [0.25, 0.3) is 5.91 Å². The molecule has 0 saturated heterocycles. The number of rotatable bonds is 3. The van der Waals surface area contributed by atoms with E-state index in [9.17, 15) is 4.79 Å². The molecule has 0 aromatic carbocycles. The lowest BCUT2D eigenvalue weighted by Gasteiger charge is -2.04. The van der Waals surface area contributed by atoms with Crippen LogP contribution in [0, 0.1) is 5.41 Å². The Balaban J connectivity index is 1.92. The molecule has 17 heavy (non-hydrogen) atoms. The summed E-state index contributed by atoms with van der Waals surface area (Å²) in [7, 11) is 0. The van der Waals surface area contributed by atoms with E-state index in [1.165, 1.54) is 0 Å². The summed E-state index contributed by atoms with van der Waals surface area (Å²) in [5, 5.41) is 3.86. The van der Waals surface area contributed by atoms with E-state index in [-0.39, 0.29) is 11.3 Å². The van der Waals surface area contributed by atoms with E-state index in [0.29, 0.717) is 12.0 Å². The Bertz CT molecular complexity index is 461. The normalized spacial score (nSPS) is 25.8. The summed E-state index contributed by atoms with van der Waals surface area (Å²) in [6.07, 6.45) is 5.30. The average molecular weight is 272 g/mol. The largest absolute Gasteiger partial charge is 0.271 e. The van der Waals surface area contributed by atoms with Crippen LogP contribution in [0.2, 0.25) is 0 Å². The fourth-order valence-corrected chi connectivity index (χ4v) is 2.01. The molecule has 1 aromatic rings. The summed E-state index contributed by atoms with van der Waals surface area (Å²) in [5.41, 5.74) is 2.56. The fourth-order valence-electron chi connectivity index (χ4n) is 1.36. The molecule has 1 saturated carbocycles. The van der Waals surface area contributed by atoms with Crippen LogP contribution in [-0.2, 0) is 0 Å². The summed E-state index contributed by atoms with van der Waals surface area (Å²) in [6.45, 7) is 1.88. The Hall–Kier alpha value is -1.13. The maximum atomic E-state index is 11.6. The molecule has 1 aliphatic rings. The Morgan fingerprint density at radius 2 is 2.12 bits per heavy atom. The van der Waals surface area contributed by atoms with Crippen LogP contribution in [0.25, 0.3) is 0 Å². The quantitative estimate of drug-likeness (QED) is 0.521. The molecule has 1 heterocycles. The minimum absolute atomic E-state index is 0.289. The van der Waals surface area contributed by atoms with E-state index in [2.05, 4.69) is 15.5 Å². The molecule has 0 aliphatic heterocycles. The van der Waals surface area contributed by atoms with Gasteiger partial charge in [-0.3, -0.25) is 9.78 Å². The Labute approximate surface area is 109 Å². The standard InChI is InChI=1S/C11H11Cl2N3O/c1-10(6-11(10,12)13)7-15-16-9(17)8-2-4-14-5-3-8/h2-5,7H,6H2,1H3,(H,16,17). The number of aromatic nitrogens is 1. The van der Waals surface area contributed by atoms with Crippen LogP contribution >= 0.6 is 23.2 Å². The predicted molar refractivity (Wildman–Crippen MR) is 67.4 cm³/mol. The van der Waals surface area contributed by atoms with Crippen LogP contribution in [0.3, 0.4) is 0 Å². The predicted octanol–water partition coefficient (Wildman–Crippen LogP) is 2.38. The van der Waals surface area contributed by atoms with E-state index >= 15 is 0 Å². The number of halogens is 2. The van der Waals surface area contributed by atoms with Crippen molar-refractivity contribution in [1.82, 2.24) is 10.4 Å². The maximum absolute atomic E-state index is 11.6. The number of nitrogens with zero attached hydrogens (tertiary/aromatic N) is 2. The SMILES string of the molecule is CC1(C=NNC(=O)c2ccncc2)CC1(Cl)Cl. The number of carbonyl (C=O) groups excluding carboxylic acids is 1. The number of nitrogens with one attached hydrogen (secondary N) is 1. The molecule has 0 bridgehead atoms. The van der Waals surface area contributed by atoms with Gasteiger partial charge in [-0.05, 0) is 18.6 Å². The Morgan fingerprint density at radius 1 is 1.53 bits per heavy atom. The lowest BCUT2D eigenvalue weighted by molar-refractivity contribution is 0.0955. The van der Waals surface area contributed by atoms with Gasteiger partial charge in [-0.2, -0.15) is 5.10 Å². The summed E-state index contributed by atoms with van der Waals surface area (Å²) >= 11 is 11.9. The highest BCUT2D eigenvalue weighted by Crippen LogP contribution is 2.62. The molecule has 2 rings (SSSR count). The first-order valence-electron chi connectivity index (χ1n) is 5.07. The highest BCUT2D eigenvalue weighted by atomic mass is 35.5. The average Bonchev–Trinajstić information content (AvgIpc) is 2.79. The molecule has 0 radical (unpaired) electrons. The number of carbonyl (C=O) groups is 1. The second-order valence-corrected chi connectivity index (χ2v) is 5.72. The molecule has 4 nitrogen and oxygen atoms in total. The highest BCUT2D eigenvalue weighted by Gasteiger charge is 2.62. The van der Waals surface area contributed by atoms with Crippen molar-refractivity contribution in [2.45, 2.75) is 17.7 Å². The molecule has 1 aliphatic carbocycles. The van der Waals surface area contributed by atoms with Gasteiger partial charge in [0.15, 0.2) is 0 Å². The zero-order valence-corrected chi connectivity index (χ0v) is 10.7. The van der Waals surface area contributed by atoms with Crippen molar-refractivity contribution in [3.05, 3.63) is 30.1 Å². The Kier molecular flexibility index (Phi) is 3.10. The van der Waals surface area contributed by atoms with Crippen molar-refractivity contribution in [1.29, 1.82) is 0 Å². The molecule has 1 amide bonds. The number of amides is 1. The second-order valence-electron chi connectivity index (χ2n) is 4.23. The smallest absolute Gasteiger partial charge is 0.267 e. The number of alkyl halides is 2. The number of hydrogen-bond acceptors (Lipinski definition) is 3. The van der Waals surface area contributed by atoms with Gasteiger partial charge in [0.05, 0.1) is 0 Å². The number of pyridine rings is 1. The third-order valence-electron chi connectivity index (χ3n) is 2.76. The van der Waals surface area contributed by atoms with Crippen LogP contribution in [0.5, 0.6) is 0 Å². The maximum Gasteiger partial charge on any atom is 0.271 e. The highest BCUT2D eigenvalue weighted by molar-refractivity contribution is 6.52. The Morgan fingerprint density at radius 3 is 2.65 bits per heavy atom. The van der Waals surface area contributed by atoms with Crippen LogP contribution in [0.1, 0.15) is 23.7 Å². The van der Waals surface area contributed by atoms with E-state index in [1.807, 2.05) is 6.92 Å². The van der Waals surface area contributed by atoms with Crippen LogP contribution in [-0.4, -0.2) is 21.4 Å². The first-order valence-corrected chi connectivity index (χ1v) is 5.83. The summed E-state index contributed by atoms with van der Waals surface area (Å²) in [4.78, 5) is 15.4. The molecule has 1 aromatic heterocycles. The van der Waals surface area contributed by atoms with E-state index in [0.717, 1.165) is 0 Å². The van der Waals surface area contributed by atoms with Crippen molar-refractivity contribution in [2.24, 2.45) is 10.5 Å². The topological polar surface area (TPSA) is 54.4 Å². The third-order valence-corrected chi connectivity index (χ3v) is 3.89. The van der Waals surface area contributed by atoms with E-state index in [1.54, 1.807) is 30.7 Å². The lowest BCUT2D eigenvalue weighted by atomic mass is 10.2. The summed E-state index contributed by atoms with van der Waals surface area (Å²) < 4.78 is -0.766. The first kappa shape index (κ1) is 12.3. The molecule has 1 fully saturated rings. The van der Waals surface area contributed by atoms with Crippen LogP contribution < -0.4 is 5.43 Å². The molecule has 6 heteroatoms. The summed E-state index contributed by atoms with van der Waals surface area (Å²) in [6, 6.07) is 3.22. The van der Waals surface area contributed by atoms with E-state index in [4.69, 9.17) is 23.2 Å². The van der Waals surface area contributed by atoms with Crippen molar-refractivity contribution in [2.75, 3.05) is 0 Å². The first-order chi connectivity index (χ1) is 7.95. The van der Waals surface area contributed by atoms with Gasteiger partial charge in [-0.1, -0.05) is 6.92 Å². The minimum atomic E-state index is -0.766. The van der Waals surface area contributed by atoms with Gasteiger partial charge < -0.3 is 0 Å². The fraction of sp³-hybridized carbons (Fsp3) is 0.364. The van der Waals surface area contributed by atoms with Gasteiger partial charge in [0.1, 0.15) is 4.33 Å². The van der Waals surface area contributed by atoms with Crippen molar-refractivity contribution < 1.29 is 4.79 Å². The molecule has 1 N–H and O–H groups in total. The van der Waals surface area contributed by atoms with Gasteiger partial charge >= 0.3 is 0 Å². The van der Waals surface area contributed by atoms with Crippen LogP contribution in [0.4, 0.5) is 0 Å². The molecule has 0 spiro atoms. The van der Waals surface area contributed by atoms with Crippen LogP contribution in [0.15, 0.2) is 29.6 Å². The summed E-state index contributed by atoms with van der Waals surface area (Å²) in [5.74, 6) is -0.289. The van der Waals surface area contributed by atoms with Crippen molar-refractivity contribution in [3.8, 4) is 0 Å². The molecule has 90 valence electrons. The zero-order valence-electron chi connectivity index (χ0n) is 9.15. The molecule has 1 atom stereocenters. The lowest BCUT2D eigenvalue weighted by Crippen LogP contribution is -2.19. The number of hydrazone groups is 1. The third kappa shape index (κ3) is 2.58. The minimum Gasteiger partial charge on any atom is -0.267 e. The second kappa shape index (κ2) is 4.27. The number of hydrogen-bond donors (Lipinski definition) is 1.